The first-order valence-corrected chi connectivity index (χ1v) is 7.52. The van der Waals surface area contributed by atoms with Crippen molar-refractivity contribution in [2.24, 2.45) is 0 Å². The second-order valence-corrected chi connectivity index (χ2v) is 5.31. The first-order chi connectivity index (χ1) is 11.4. The fourth-order valence-electron chi connectivity index (χ4n) is 2.09. The summed E-state index contributed by atoms with van der Waals surface area (Å²) in [5, 5.41) is 2.71. The van der Waals surface area contributed by atoms with Gasteiger partial charge in [0.15, 0.2) is 6.10 Å². The van der Waals surface area contributed by atoms with Crippen molar-refractivity contribution in [3.05, 3.63) is 65.7 Å². The van der Waals surface area contributed by atoms with Crippen LogP contribution in [0, 0.1) is 0 Å². The summed E-state index contributed by atoms with van der Waals surface area (Å²) in [5.74, 6) is 0.327. The molecule has 0 radical (unpaired) electrons. The number of amides is 1. The van der Waals surface area contributed by atoms with E-state index < -0.39 is 17.8 Å². The average Bonchev–Trinajstić information content (AvgIpc) is 2.55. The molecule has 0 aliphatic carbocycles. The van der Waals surface area contributed by atoms with E-state index in [1.54, 1.807) is 19.1 Å². The number of rotatable bonds is 6. The van der Waals surface area contributed by atoms with Crippen molar-refractivity contribution in [2.75, 3.05) is 6.54 Å². The molecule has 0 heterocycles. The molecule has 0 saturated carbocycles. The minimum absolute atomic E-state index is 0.272. The molecule has 6 heteroatoms. The van der Waals surface area contributed by atoms with Crippen molar-refractivity contribution in [3.8, 4) is 5.75 Å². The molecule has 1 N–H and O–H groups in total. The number of carbonyl (C=O) groups is 1. The lowest BCUT2D eigenvalue weighted by molar-refractivity contribution is -0.137. The first kappa shape index (κ1) is 17.8. The van der Waals surface area contributed by atoms with Gasteiger partial charge in [0.25, 0.3) is 5.91 Å². The average molecular weight is 337 g/mol. The number of alkyl halides is 3. The van der Waals surface area contributed by atoms with Gasteiger partial charge < -0.3 is 10.1 Å². The van der Waals surface area contributed by atoms with Crippen molar-refractivity contribution in [1.82, 2.24) is 5.32 Å². The number of benzene rings is 2. The third-order valence-electron chi connectivity index (χ3n) is 3.42. The van der Waals surface area contributed by atoms with Gasteiger partial charge in [-0.3, -0.25) is 4.79 Å². The molecule has 128 valence electrons. The molecule has 0 aromatic heterocycles. The zero-order valence-electron chi connectivity index (χ0n) is 13.1. The van der Waals surface area contributed by atoms with Gasteiger partial charge in [0, 0.05) is 6.54 Å². The van der Waals surface area contributed by atoms with E-state index in [0.717, 1.165) is 17.7 Å². The Hall–Kier alpha value is -2.50. The molecule has 0 aliphatic rings. The Morgan fingerprint density at radius 2 is 1.71 bits per heavy atom. The minimum Gasteiger partial charge on any atom is -0.481 e. The van der Waals surface area contributed by atoms with Gasteiger partial charge in [-0.05, 0) is 43.2 Å². The zero-order chi connectivity index (χ0) is 17.6. The number of hydrogen-bond donors (Lipinski definition) is 1. The van der Waals surface area contributed by atoms with Crippen LogP contribution in [0.2, 0.25) is 0 Å². The largest absolute Gasteiger partial charge is 0.481 e. The van der Waals surface area contributed by atoms with Gasteiger partial charge >= 0.3 is 6.18 Å². The van der Waals surface area contributed by atoms with E-state index in [1.165, 1.54) is 12.1 Å². The van der Waals surface area contributed by atoms with Gasteiger partial charge in [0.2, 0.25) is 0 Å². The maximum absolute atomic E-state index is 12.5. The Kier molecular flexibility index (Phi) is 5.84. The highest BCUT2D eigenvalue weighted by atomic mass is 19.4. The summed E-state index contributed by atoms with van der Waals surface area (Å²) in [6.45, 7) is 1.97. The summed E-state index contributed by atoms with van der Waals surface area (Å²) in [5.41, 5.74) is 0.0418. The third kappa shape index (κ3) is 5.30. The fraction of sp³-hybridized carbons (Fsp3) is 0.278. The maximum atomic E-state index is 12.5. The summed E-state index contributed by atoms with van der Waals surface area (Å²) >= 11 is 0. The predicted octanol–water partition coefficient (Wildman–Crippen LogP) is 3.83. The molecule has 1 amide bonds. The van der Waals surface area contributed by atoms with Crippen molar-refractivity contribution in [2.45, 2.75) is 25.6 Å². The number of para-hydroxylation sites is 1. The number of carbonyl (C=O) groups excluding carboxylic acids is 1. The van der Waals surface area contributed by atoms with Gasteiger partial charge in [-0.15, -0.1) is 0 Å². The van der Waals surface area contributed by atoms with Crippen molar-refractivity contribution >= 4 is 5.91 Å². The summed E-state index contributed by atoms with van der Waals surface area (Å²) in [6, 6.07) is 13.9. The summed E-state index contributed by atoms with van der Waals surface area (Å²) in [7, 11) is 0. The lowest BCUT2D eigenvalue weighted by Gasteiger charge is -2.14. The lowest BCUT2D eigenvalue weighted by atomic mass is 10.1. The van der Waals surface area contributed by atoms with Crippen LogP contribution in [-0.2, 0) is 17.4 Å². The Morgan fingerprint density at radius 3 is 2.29 bits per heavy atom. The van der Waals surface area contributed by atoms with Gasteiger partial charge in [-0.2, -0.15) is 13.2 Å². The molecule has 2 aromatic rings. The Balaban J connectivity index is 1.78. The quantitative estimate of drug-likeness (QED) is 0.870. The SMILES string of the molecule is CC(Oc1ccccc1)C(=O)NCCc1ccc(C(F)(F)F)cc1. The monoisotopic (exact) mass is 337 g/mol. The lowest BCUT2D eigenvalue weighted by Crippen LogP contribution is -2.37. The molecular weight excluding hydrogens is 319 g/mol. The van der Waals surface area contributed by atoms with Crippen LogP contribution in [0.3, 0.4) is 0 Å². The first-order valence-electron chi connectivity index (χ1n) is 7.52. The van der Waals surface area contributed by atoms with E-state index in [9.17, 15) is 18.0 Å². The van der Waals surface area contributed by atoms with E-state index in [0.29, 0.717) is 18.7 Å². The van der Waals surface area contributed by atoms with Crippen molar-refractivity contribution in [3.63, 3.8) is 0 Å². The predicted molar refractivity (Wildman–Crippen MR) is 84.7 cm³/mol. The molecule has 0 bridgehead atoms. The second kappa shape index (κ2) is 7.86. The van der Waals surface area contributed by atoms with Crippen LogP contribution in [0.15, 0.2) is 54.6 Å². The molecule has 0 saturated heterocycles. The van der Waals surface area contributed by atoms with Crippen LogP contribution < -0.4 is 10.1 Å². The zero-order valence-corrected chi connectivity index (χ0v) is 13.1. The molecule has 1 unspecified atom stereocenters. The topological polar surface area (TPSA) is 38.3 Å². The smallest absolute Gasteiger partial charge is 0.416 e. The van der Waals surface area contributed by atoms with Crippen LogP contribution in [0.4, 0.5) is 13.2 Å². The van der Waals surface area contributed by atoms with E-state index in [-0.39, 0.29) is 5.91 Å². The summed E-state index contributed by atoms with van der Waals surface area (Å²) in [6.07, 6.45) is -4.54. The van der Waals surface area contributed by atoms with Gasteiger partial charge in [0.1, 0.15) is 5.75 Å². The number of ether oxygens (including phenoxy) is 1. The Labute approximate surface area is 138 Å². The minimum atomic E-state index is -4.34. The standard InChI is InChI=1S/C18H18F3NO2/c1-13(24-16-5-3-2-4-6-16)17(23)22-12-11-14-7-9-15(10-8-14)18(19,20)21/h2-10,13H,11-12H2,1H3,(H,22,23). The van der Waals surface area contributed by atoms with Crippen LogP contribution in [0.25, 0.3) is 0 Å². The van der Waals surface area contributed by atoms with Crippen molar-refractivity contribution in [1.29, 1.82) is 0 Å². The normalized spacial score (nSPS) is 12.5. The highest BCUT2D eigenvalue weighted by Gasteiger charge is 2.29. The molecule has 0 aliphatic heterocycles. The molecule has 2 rings (SSSR count). The maximum Gasteiger partial charge on any atom is 0.416 e. The molecule has 3 nitrogen and oxygen atoms in total. The Bertz CT molecular complexity index is 654. The highest BCUT2D eigenvalue weighted by Crippen LogP contribution is 2.29. The summed E-state index contributed by atoms with van der Waals surface area (Å²) in [4.78, 5) is 11.9. The van der Waals surface area contributed by atoms with Crippen LogP contribution in [0.1, 0.15) is 18.1 Å². The summed E-state index contributed by atoms with van der Waals surface area (Å²) < 4.78 is 42.9. The van der Waals surface area contributed by atoms with E-state index in [2.05, 4.69) is 5.32 Å². The van der Waals surface area contributed by atoms with Crippen molar-refractivity contribution < 1.29 is 22.7 Å². The van der Waals surface area contributed by atoms with Gasteiger partial charge in [0.05, 0.1) is 5.56 Å². The molecule has 0 fully saturated rings. The van der Waals surface area contributed by atoms with Crippen LogP contribution in [-0.4, -0.2) is 18.6 Å². The molecule has 24 heavy (non-hydrogen) atoms. The van der Waals surface area contributed by atoms with E-state index in [1.807, 2.05) is 18.2 Å². The molecule has 1 atom stereocenters. The molecule has 2 aromatic carbocycles. The molecular formula is C18H18F3NO2. The number of nitrogens with one attached hydrogen (secondary N) is 1. The van der Waals surface area contributed by atoms with E-state index >= 15 is 0 Å². The highest BCUT2D eigenvalue weighted by molar-refractivity contribution is 5.80. The number of hydrogen-bond acceptors (Lipinski definition) is 2. The van der Waals surface area contributed by atoms with Gasteiger partial charge in [-0.1, -0.05) is 30.3 Å². The molecule has 0 spiro atoms. The van der Waals surface area contributed by atoms with Crippen LogP contribution in [0.5, 0.6) is 5.75 Å². The van der Waals surface area contributed by atoms with Gasteiger partial charge in [-0.25, -0.2) is 0 Å². The third-order valence-corrected chi connectivity index (χ3v) is 3.42. The second-order valence-electron chi connectivity index (χ2n) is 5.31. The number of halogens is 3. The fourth-order valence-corrected chi connectivity index (χ4v) is 2.09. The van der Waals surface area contributed by atoms with Crippen LogP contribution >= 0.6 is 0 Å². The Morgan fingerprint density at radius 1 is 1.08 bits per heavy atom. The van der Waals surface area contributed by atoms with E-state index in [4.69, 9.17) is 4.74 Å².